The van der Waals surface area contributed by atoms with Crippen LogP contribution in [0.1, 0.15) is 26.1 Å². The highest BCUT2D eigenvalue weighted by atomic mass is 15.0. The molecular formula is C8H13N3. The van der Waals surface area contributed by atoms with E-state index in [1.807, 2.05) is 0 Å². The normalized spacial score (nSPS) is 10.5. The summed E-state index contributed by atoms with van der Waals surface area (Å²) in [6.07, 6.45) is 5.19. The van der Waals surface area contributed by atoms with E-state index in [0.717, 1.165) is 18.7 Å². The molecule has 3 nitrogen and oxygen atoms in total. The lowest BCUT2D eigenvalue weighted by Crippen LogP contribution is -1.97. The van der Waals surface area contributed by atoms with Crippen molar-refractivity contribution in [3.05, 3.63) is 18.5 Å². The van der Waals surface area contributed by atoms with Crippen LogP contribution in [0, 0.1) is 5.92 Å². The predicted molar refractivity (Wildman–Crippen MR) is 43.0 cm³/mol. The molecule has 0 unspecified atom stereocenters. The van der Waals surface area contributed by atoms with Gasteiger partial charge in [0.05, 0.1) is 0 Å². The van der Waals surface area contributed by atoms with Crippen molar-refractivity contribution in [2.45, 2.75) is 26.7 Å². The highest BCUT2D eigenvalue weighted by molar-refractivity contribution is 4.81. The molecular weight excluding hydrogens is 138 g/mol. The second kappa shape index (κ2) is 4.01. The van der Waals surface area contributed by atoms with E-state index in [1.165, 1.54) is 0 Å². The summed E-state index contributed by atoms with van der Waals surface area (Å²) in [5.41, 5.74) is 0. The molecule has 0 aromatic carbocycles. The van der Waals surface area contributed by atoms with Gasteiger partial charge >= 0.3 is 0 Å². The van der Waals surface area contributed by atoms with Gasteiger partial charge in [-0.3, -0.25) is 0 Å². The molecule has 1 rings (SSSR count). The Hall–Kier alpha value is -0.990. The van der Waals surface area contributed by atoms with Gasteiger partial charge in [-0.05, 0) is 12.3 Å². The minimum Gasteiger partial charge on any atom is -0.225 e. The van der Waals surface area contributed by atoms with Crippen LogP contribution < -0.4 is 0 Å². The zero-order valence-corrected chi connectivity index (χ0v) is 6.99. The third kappa shape index (κ3) is 3.07. The fourth-order valence-electron chi connectivity index (χ4n) is 0.810. The maximum absolute atomic E-state index is 4.03. The molecule has 0 amide bonds. The van der Waals surface area contributed by atoms with Crippen LogP contribution in [0.25, 0.3) is 0 Å². The van der Waals surface area contributed by atoms with Crippen molar-refractivity contribution in [2.75, 3.05) is 0 Å². The highest BCUT2D eigenvalue weighted by Crippen LogP contribution is 2.03. The van der Waals surface area contributed by atoms with Crippen molar-refractivity contribution in [3.8, 4) is 0 Å². The maximum Gasteiger partial charge on any atom is 0.131 e. The zero-order chi connectivity index (χ0) is 8.10. The zero-order valence-electron chi connectivity index (χ0n) is 6.99. The maximum atomic E-state index is 4.03. The molecule has 0 aliphatic carbocycles. The molecule has 0 atom stereocenters. The Morgan fingerprint density at radius 2 is 1.91 bits per heavy atom. The van der Waals surface area contributed by atoms with E-state index < -0.39 is 0 Å². The Morgan fingerprint density at radius 1 is 1.27 bits per heavy atom. The van der Waals surface area contributed by atoms with Gasteiger partial charge in [-0.2, -0.15) is 0 Å². The van der Waals surface area contributed by atoms with Gasteiger partial charge in [0.25, 0.3) is 0 Å². The molecule has 0 N–H and O–H groups in total. The van der Waals surface area contributed by atoms with Crippen LogP contribution in [-0.4, -0.2) is 15.0 Å². The third-order valence-electron chi connectivity index (χ3n) is 1.49. The van der Waals surface area contributed by atoms with E-state index in [1.54, 1.807) is 12.7 Å². The first-order valence-electron chi connectivity index (χ1n) is 3.90. The summed E-state index contributed by atoms with van der Waals surface area (Å²) >= 11 is 0. The predicted octanol–water partition coefficient (Wildman–Crippen LogP) is 1.46. The second-order valence-electron chi connectivity index (χ2n) is 2.99. The Bertz CT molecular complexity index is 196. The van der Waals surface area contributed by atoms with Crippen LogP contribution in [0.15, 0.2) is 12.7 Å². The van der Waals surface area contributed by atoms with Gasteiger partial charge in [0.15, 0.2) is 0 Å². The van der Waals surface area contributed by atoms with Crippen molar-refractivity contribution in [3.63, 3.8) is 0 Å². The van der Waals surface area contributed by atoms with E-state index in [2.05, 4.69) is 28.8 Å². The topological polar surface area (TPSA) is 38.7 Å². The molecule has 0 bridgehead atoms. The Balaban J connectivity index is 2.39. The first kappa shape index (κ1) is 8.11. The molecule has 1 aromatic rings. The minimum absolute atomic E-state index is 0.715. The average molecular weight is 151 g/mol. The van der Waals surface area contributed by atoms with Crippen LogP contribution in [0.4, 0.5) is 0 Å². The Kier molecular flexibility index (Phi) is 2.95. The number of rotatable bonds is 3. The van der Waals surface area contributed by atoms with Crippen LogP contribution >= 0.6 is 0 Å². The lowest BCUT2D eigenvalue weighted by Gasteiger charge is -2.01. The van der Waals surface area contributed by atoms with Gasteiger partial charge in [-0.15, -0.1) is 0 Å². The van der Waals surface area contributed by atoms with Crippen LogP contribution in [-0.2, 0) is 6.42 Å². The molecule has 0 fully saturated rings. The van der Waals surface area contributed by atoms with Crippen molar-refractivity contribution in [2.24, 2.45) is 5.92 Å². The number of nitrogens with zero attached hydrogens (tertiary/aromatic N) is 3. The smallest absolute Gasteiger partial charge is 0.131 e. The number of hydrogen-bond donors (Lipinski definition) is 0. The molecule has 0 saturated carbocycles. The van der Waals surface area contributed by atoms with Gasteiger partial charge in [-0.1, -0.05) is 13.8 Å². The van der Waals surface area contributed by atoms with E-state index in [4.69, 9.17) is 0 Å². The highest BCUT2D eigenvalue weighted by Gasteiger charge is 1.97. The standard InChI is InChI=1S/C8H13N3/c1-7(2)3-4-8-10-5-9-6-11-8/h5-7H,3-4H2,1-2H3. The number of hydrogen-bond acceptors (Lipinski definition) is 3. The van der Waals surface area contributed by atoms with E-state index >= 15 is 0 Å². The summed E-state index contributed by atoms with van der Waals surface area (Å²) < 4.78 is 0. The van der Waals surface area contributed by atoms with Crippen molar-refractivity contribution >= 4 is 0 Å². The third-order valence-corrected chi connectivity index (χ3v) is 1.49. The lowest BCUT2D eigenvalue weighted by molar-refractivity contribution is 0.573. The minimum atomic E-state index is 0.715. The summed E-state index contributed by atoms with van der Waals surface area (Å²) in [5, 5.41) is 0. The van der Waals surface area contributed by atoms with E-state index in [0.29, 0.717) is 5.92 Å². The van der Waals surface area contributed by atoms with E-state index in [9.17, 15) is 0 Å². The first-order valence-corrected chi connectivity index (χ1v) is 3.90. The molecule has 60 valence electrons. The Morgan fingerprint density at radius 3 is 2.45 bits per heavy atom. The molecule has 0 aliphatic heterocycles. The molecule has 0 aliphatic rings. The molecule has 0 saturated heterocycles. The fraction of sp³-hybridized carbons (Fsp3) is 0.625. The molecule has 0 spiro atoms. The van der Waals surface area contributed by atoms with Gasteiger partial charge < -0.3 is 0 Å². The first-order chi connectivity index (χ1) is 5.29. The summed E-state index contributed by atoms with van der Waals surface area (Å²) in [6.45, 7) is 4.39. The van der Waals surface area contributed by atoms with Gasteiger partial charge in [0.1, 0.15) is 18.5 Å². The largest absolute Gasteiger partial charge is 0.225 e. The van der Waals surface area contributed by atoms with Crippen molar-refractivity contribution in [1.82, 2.24) is 15.0 Å². The summed E-state index contributed by atoms with van der Waals surface area (Å²) in [5.74, 6) is 1.61. The Labute approximate surface area is 66.9 Å². The van der Waals surface area contributed by atoms with Gasteiger partial charge in [0.2, 0.25) is 0 Å². The number of aryl methyl sites for hydroxylation is 1. The summed E-state index contributed by atoms with van der Waals surface area (Å²) in [7, 11) is 0. The fourth-order valence-corrected chi connectivity index (χ4v) is 0.810. The molecule has 0 radical (unpaired) electrons. The second-order valence-corrected chi connectivity index (χ2v) is 2.99. The van der Waals surface area contributed by atoms with E-state index in [-0.39, 0.29) is 0 Å². The van der Waals surface area contributed by atoms with Crippen LogP contribution in [0.5, 0.6) is 0 Å². The van der Waals surface area contributed by atoms with Crippen molar-refractivity contribution < 1.29 is 0 Å². The van der Waals surface area contributed by atoms with Crippen LogP contribution in [0.3, 0.4) is 0 Å². The monoisotopic (exact) mass is 151 g/mol. The average Bonchev–Trinajstić information content (AvgIpc) is 2.03. The van der Waals surface area contributed by atoms with Crippen LogP contribution in [0.2, 0.25) is 0 Å². The van der Waals surface area contributed by atoms with Gasteiger partial charge in [-0.25, -0.2) is 15.0 Å². The quantitative estimate of drug-likeness (QED) is 0.656. The summed E-state index contributed by atoms with van der Waals surface area (Å²) in [4.78, 5) is 11.8. The van der Waals surface area contributed by atoms with Crippen molar-refractivity contribution in [1.29, 1.82) is 0 Å². The molecule has 3 heteroatoms. The molecule has 11 heavy (non-hydrogen) atoms. The van der Waals surface area contributed by atoms with Gasteiger partial charge in [0, 0.05) is 6.42 Å². The number of aromatic nitrogens is 3. The molecule has 1 aromatic heterocycles. The molecule has 1 heterocycles. The lowest BCUT2D eigenvalue weighted by atomic mass is 10.1. The summed E-state index contributed by atoms with van der Waals surface area (Å²) in [6, 6.07) is 0. The SMILES string of the molecule is CC(C)CCc1ncncn1.